The van der Waals surface area contributed by atoms with E-state index in [9.17, 15) is 4.79 Å². The van der Waals surface area contributed by atoms with Gasteiger partial charge in [0, 0.05) is 18.2 Å². The Kier molecular flexibility index (Phi) is 5.43. The Labute approximate surface area is 145 Å². The van der Waals surface area contributed by atoms with E-state index in [0.29, 0.717) is 23.1 Å². The van der Waals surface area contributed by atoms with Crippen LogP contribution in [0.2, 0.25) is 5.02 Å². The smallest absolute Gasteiger partial charge is 0.287 e. The molecule has 1 aromatic carbocycles. The number of aryl methyl sites for hydroxylation is 1. The minimum atomic E-state index is -0.237. The number of carbonyl (C=O) groups excluding carboxylic acids is 1. The van der Waals surface area contributed by atoms with Crippen LogP contribution in [0.3, 0.4) is 0 Å². The van der Waals surface area contributed by atoms with Gasteiger partial charge in [-0.1, -0.05) is 11.6 Å². The minimum absolute atomic E-state index is 0.111. The summed E-state index contributed by atoms with van der Waals surface area (Å²) in [5.41, 5.74) is 0.947. The third kappa shape index (κ3) is 4.30. The largest absolute Gasteiger partial charge is 0.486 e. The number of amides is 1. The van der Waals surface area contributed by atoms with Crippen molar-refractivity contribution in [2.45, 2.75) is 32.5 Å². The van der Waals surface area contributed by atoms with Crippen LogP contribution >= 0.6 is 11.6 Å². The molecule has 1 atom stereocenters. The van der Waals surface area contributed by atoms with E-state index in [-0.39, 0.29) is 24.4 Å². The summed E-state index contributed by atoms with van der Waals surface area (Å²) in [5, 5.41) is 3.53. The van der Waals surface area contributed by atoms with Crippen molar-refractivity contribution in [2.75, 3.05) is 13.2 Å². The molecule has 0 spiro atoms. The maximum Gasteiger partial charge on any atom is 0.287 e. The fourth-order valence-electron chi connectivity index (χ4n) is 2.54. The van der Waals surface area contributed by atoms with Crippen LogP contribution in [0, 0.1) is 6.92 Å². The number of benzene rings is 1. The predicted octanol–water partition coefficient (Wildman–Crippen LogP) is 3.73. The van der Waals surface area contributed by atoms with Crippen molar-refractivity contribution in [1.29, 1.82) is 0 Å². The molecule has 0 radical (unpaired) electrons. The maximum atomic E-state index is 12.1. The highest BCUT2D eigenvalue weighted by atomic mass is 35.5. The van der Waals surface area contributed by atoms with Crippen molar-refractivity contribution in [1.82, 2.24) is 5.32 Å². The number of hydrogen-bond acceptors (Lipinski definition) is 4. The quantitative estimate of drug-likeness (QED) is 0.863. The van der Waals surface area contributed by atoms with Gasteiger partial charge in [-0.05, 0) is 55.7 Å². The van der Waals surface area contributed by atoms with Gasteiger partial charge in [-0.15, -0.1) is 0 Å². The second-order valence-electron chi connectivity index (χ2n) is 5.81. The maximum absolute atomic E-state index is 12.1. The molecule has 0 bridgehead atoms. The highest BCUT2D eigenvalue weighted by Crippen LogP contribution is 2.22. The second kappa shape index (κ2) is 7.73. The first kappa shape index (κ1) is 16.9. The van der Waals surface area contributed by atoms with Crippen LogP contribution in [-0.4, -0.2) is 25.2 Å². The summed E-state index contributed by atoms with van der Waals surface area (Å²) in [6, 6.07) is 8.84. The molecule has 1 N–H and O–H groups in total. The molecule has 0 saturated carbocycles. The molecule has 1 aliphatic rings. The number of furan rings is 1. The first-order valence-electron chi connectivity index (χ1n) is 7.99. The monoisotopic (exact) mass is 349 g/mol. The lowest BCUT2D eigenvalue weighted by Crippen LogP contribution is -2.31. The minimum Gasteiger partial charge on any atom is -0.486 e. The first-order valence-corrected chi connectivity index (χ1v) is 8.37. The van der Waals surface area contributed by atoms with Crippen molar-refractivity contribution >= 4 is 17.5 Å². The molecule has 128 valence electrons. The van der Waals surface area contributed by atoms with E-state index in [2.05, 4.69) is 5.32 Å². The normalized spacial score (nSPS) is 17.0. The summed E-state index contributed by atoms with van der Waals surface area (Å²) in [4.78, 5) is 12.1. The molecule has 24 heavy (non-hydrogen) atoms. The van der Waals surface area contributed by atoms with Gasteiger partial charge in [0.05, 0.1) is 6.10 Å². The van der Waals surface area contributed by atoms with Crippen LogP contribution < -0.4 is 10.1 Å². The first-order chi connectivity index (χ1) is 11.6. The van der Waals surface area contributed by atoms with Gasteiger partial charge in [-0.3, -0.25) is 4.79 Å². The van der Waals surface area contributed by atoms with E-state index in [4.69, 9.17) is 25.5 Å². The SMILES string of the molecule is Cc1cc(OCc2ccc(C(=O)NCC3CCCO3)o2)ccc1Cl. The standard InChI is InChI=1S/C18H20ClNO4/c1-12-9-13(4-6-16(12)19)23-11-15-5-7-17(24-15)18(21)20-10-14-3-2-8-22-14/h4-7,9,14H,2-3,8,10-11H2,1H3,(H,20,21). The van der Waals surface area contributed by atoms with E-state index in [0.717, 1.165) is 25.0 Å². The Balaban J connectivity index is 1.50. The molecule has 3 rings (SSSR count). The van der Waals surface area contributed by atoms with Gasteiger partial charge >= 0.3 is 0 Å². The topological polar surface area (TPSA) is 60.7 Å². The van der Waals surface area contributed by atoms with Crippen molar-refractivity contribution in [3.8, 4) is 5.75 Å². The molecule has 0 aliphatic carbocycles. The molecular weight excluding hydrogens is 330 g/mol. The number of hydrogen-bond donors (Lipinski definition) is 1. The van der Waals surface area contributed by atoms with Crippen molar-refractivity contribution in [3.05, 3.63) is 52.4 Å². The molecule has 1 fully saturated rings. The van der Waals surface area contributed by atoms with Gasteiger partial charge in [-0.2, -0.15) is 0 Å². The molecule has 2 heterocycles. The summed E-state index contributed by atoms with van der Waals surface area (Å²) in [6.45, 7) is 3.45. The van der Waals surface area contributed by atoms with Crippen LogP contribution in [0.4, 0.5) is 0 Å². The van der Waals surface area contributed by atoms with Crippen molar-refractivity contribution in [2.24, 2.45) is 0 Å². The van der Waals surface area contributed by atoms with Crippen molar-refractivity contribution < 1.29 is 18.7 Å². The Morgan fingerprint density at radius 2 is 2.25 bits per heavy atom. The van der Waals surface area contributed by atoms with Crippen LogP contribution in [0.15, 0.2) is 34.7 Å². The van der Waals surface area contributed by atoms with Crippen LogP contribution in [-0.2, 0) is 11.3 Å². The Bertz CT molecular complexity index is 707. The van der Waals surface area contributed by atoms with Crippen LogP contribution in [0.5, 0.6) is 5.75 Å². The van der Waals surface area contributed by atoms with E-state index < -0.39 is 0 Å². The molecule has 1 amide bonds. The lowest BCUT2D eigenvalue weighted by molar-refractivity contribution is 0.0832. The summed E-state index contributed by atoms with van der Waals surface area (Å²) < 4.78 is 16.7. The van der Waals surface area contributed by atoms with Crippen LogP contribution in [0.25, 0.3) is 0 Å². The highest BCUT2D eigenvalue weighted by molar-refractivity contribution is 6.31. The average Bonchev–Trinajstić information content (AvgIpc) is 3.25. The van der Waals surface area contributed by atoms with E-state index in [1.807, 2.05) is 13.0 Å². The average molecular weight is 350 g/mol. The lowest BCUT2D eigenvalue weighted by Gasteiger charge is -2.09. The Morgan fingerprint density at radius 1 is 1.38 bits per heavy atom. The molecule has 1 unspecified atom stereocenters. The lowest BCUT2D eigenvalue weighted by atomic mass is 10.2. The zero-order valence-corrected chi connectivity index (χ0v) is 14.3. The fourth-order valence-corrected chi connectivity index (χ4v) is 2.66. The summed E-state index contributed by atoms with van der Waals surface area (Å²) in [7, 11) is 0. The third-order valence-corrected chi connectivity index (χ3v) is 4.33. The van der Waals surface area contributed by atoms with Crippen molar-refractivity contribution in [3.63, 3.8) is 0 Å². The summed E-state index contributed by atoms with van der Waals surface area (Å²) >= 11 is 5.99. The van der Waals surface area contributed by atoms with Gasteiger partial charge in [-0.25, -0.2) is 0 Å². The molecule has 1 saturated heterocycles. The number of rotatable bonds is 6. The summed E-state index contributed by atoms with van der Waals surface area (Å²) in [6.07, 6.45) is 2.14. The van der Waals surface area contributed by atoms with E-state index in [1.54, 1.807) is 24.3 Å². The van der Waals surface area contributed by atoms with Crippen LogP contribution in [0.1, 0.15) is 34.7 Å². The van der Waals surface area contributed by atoms with Gasteiger partial charge < -0.3 is 19.2 Å². The molecule has 6 heteroatoms. The van der Waals surface area contributed by atoms with Gasteiger partial charge in [0.2, 0.25) is 0 Å². The predicted molar refractivity (Wildman–Crippen MR) is 90.5 cm³/mol. The molecule has 1 aliphatic heterocycles. The second-order valence-corrected chi connectivity index (χ2v) is 6.22. The number of halogens is 1. The van der Waals surface area contributed by atoms with E-state index >= 15 is 0 Å². The van der Waals surface area contributed by atoms with E-state index in [1.165, 1.54) is 0 Å². The zero-order valence-electron chi connectivity index (χ0n) is 13.5. The fraction of sp³-hybridized carbons (Fsp3) is 0.389. The highest BCUT2D eigenvalue weighted by Gasteiger charge is 2.18. The number of ether oxygens (including phenoxy) is 2. The Hall–Kier alpha value is -1.98. The zero-order chi connectivity index (χ0) is 16.9. The van der Waals surface area contributed by atoms with Gasteiger partial charge in [0.15, 0.2) is 5.76 Å². The molecule has 5 nitrogen and oxygen atoms in total. The third-order valence-electron chi connectivity index (χ3n) is 3.91. The molecule has 1 aromatic heterocycles. The number of carbonyl (C=O) groups is 1. The molecular formula is C18H20ClNO4. The van der Waals surface area contributed by atoms with Gasteiger partial charge in [0.25, 0.3) is 5.91 Å². The summed E-state index contributed by atoms with van der Waals surface area (Å²) in [5.74, 6) is 1.33. The Morgan fingerprint density at radius 3 is 3.00 bits per heavy atom. The number of nitrogens with one attached hydrogen (secondary N) is 1. The molecule has 2 aromatic rings. The van der Waals surface area contributed by atoms with Gasteiger partial charge in [0.1, 0.15) is 18.1 Å².